The molecule has 1 saturated carbocycles. The summed E-state index contributed by atoms with van der Waals surface area (Å²) in [5.41, 5.74) is 10.1. The first kappa shape index (κ1) is 20.3. The maximum absolute atomic E-state index is 13.7. The maximum Gasteiger partial charge on any atom is 0.349 e. The van der Waals surface area contributed by atoms with Crippen molar-refractivity contribution in [2.75, 3.05) is 17.7 Å². The van der Waals surface area contributed by atoms with E-state index in [0.29, 0.717) is 17.4 Å². The van der Waals surface area contributed by atoms with E-state index in [-0.39, 0.29) is 12.1 Å². The minimum absolute atomic E-state index is 0.0661. The first-order valence-corrected chi connectivity index (χ1v) is 10.8. The van der Waals surface area contributed by atoms with E-state index >= 15 is 0 Å². The van der Waals surface area contributed by atoms with Gasteiger partial charge in [0.2, 0.25) is 0 Å². The van der Waals surface area contributed by atoms with Crippen LogP contribution in [0.3, 0.4) is 0 Å². The van der Waals surface area contributed by atoms with Crippen LogP contribution in [0.1, 0.15) is 51.5 Å². The first-order chi connectivity index (χ1) is 14.5. The number of nitrogens with zero attached hydrogens (tertiary/aromatic N) is 3. The van der Waals surface area contributed by atoms with Crippen LogP contribution in [0.4, 0.5) is 21.9 Å². The highest BCUT2D eigenvalue weighted by Crippen LogP contribution is 2.39. The van der Waals surface area contributed by atoms with Gasteiger partial charge in [0.1, 0.15) is 5.75 Å². The van der Waals surface area contributed by atoms with Crippen molar-refractivity contribution in [3.63, 3.8) is 0 Å². The van der Waals surface area contributed by atoms with Gasteiger partial charge in [-0.1, -0.05) is 19.3 Å². The molecule has 30 heavy (non-hydrogen) atoms. The molecule has 158 valence electrons. The Bertz CT molecular complexity index is 946. The molecule has 6 nitrogen and oxygen atoms in total. The lowest BCUT2D eigenvalue weighted by Crippen LogP contribution is -2.41. The summed E-state index contributed by atoms with van der Waals surface area (Å²) in [5.74, 6) is 1.06. The number of nitrogen functional groups attached to an aromatic ring is 1. The molecule has 1 fully saturated rings. The predicted molar refractivity (Wildman–Crippen MR) is 121 cm³/mol. The number of fused-ring (bicyclic) bond motifs is 1. The summed E-state index contributed by atoms with van der Waals surface area (Å²) in [7, 11) is 1.64. The number of hydrogen-bond donors (Lipinski definition) is 1. The van der Waals surface area contributed by atoms with Crippen LogP contribution in [-0.4, -0.2) is 29.9 Å². The summed E-state index contributed by atoms with van der Waals surface area (Å²) in [6.07, 6.45) is 5.88. The Hall–Kier alpha value is -3.02. The largest absolute Gasteiger partial charge is 0.497 e. The molecule has 0 atom stereocenters. The second-order valence-corrected chi connectivity index (χ2v) is 8.35. The van der Waals surface area contributed by atoms with Gasteiger partial charge in [-0.05, 0) is 63.1 Å². The molecule has 2 N–H and O–H groups in total. The van der Waals surface area contributed by atoms with Crippen molar-refractivity contribution in [3.05, 3.63) is 48.0 Å². The molecule has 2 aromatic carbocycles. The number of hydrogen-bond acceptors (Lipinski definition) is 4. The van der Waals surface area contributed by atoms with Crippen molar-refractivity contribution >= 4 is 28.8 Å². The van der Waals surface area contributed by atoms with Crippen molar-refractivity contribution in [1.29, 1.82) is 0 Å². The molecule has 6 heteroatoms. The van der Waals surface area contributed by atoms with Crippen molar-refractivity contribution in [2.45, 2.75) is 52.0 Å². The molecule has 0 unspecified atom stereocenters. The van der Waals surface area contributed by atoms with Gasteiger partial charge in [-0.3, -0.25) is 4.90 Å². The Labute approximate surface area is 178 Å². The zero-order valence-electron chi connectivity index (χ0n) is 18.0. The number of ether oxygens (including phenoxy) is 1. The van der Waals surface area contributed by atoms with E-state index in [9.17, 15) is 4.79 Å². The van der Waals surface area contributed by atoms with E-state index < -0.39 is 0 Å². The highest BCUT2D eigenvalue weighted by molar-refractivity contribution is 6.14. The van der Waals surface area contributed by atoms with E-state index in [2.05, 4.69) is 0 Å². The van der Waals surface area contributed by atoms with Crippen LogP contribution < -0.4 is 15.4 Å². The molecule has 0 saturated heterocycles. The third kappa shape index (κ3) is 3.74. The Kier molecular flexibility index (Phi) is 5.66. The van der Waals surface area contributed by atoms with E-state index in [1.54, 1.807) is 17.0 Å². The van der Waals surface area contributed by atoms with Gasteiger partial charge >= 0.3 is 6.03 Å². The van der Waals surface area contributed by atoms with Crippen LogP contribution in [0.2, 0.25) is 0 Å². The van der Waals surface area contributed by atoms with Crippen LogP contribution in [-0.2, 0) is 0 Å². The second kappa shape index (κ2) is 8.38. The number of carbonyl (C=O) groups is 1. The van der Waals surface area contributed by atoms with Gasteiger partial charge < -0.3 is 10.5 Å². The summed E-state index contributed by atoms with van der Waals surface area (Å²) < 4.78 is 5.50. The quantitative estimate of drug-likeness (QED) is 0.677. The fourth-order valence-electron chi connectivity index (χ4n) is 4.35. The fraction of sp³-hybridized carbons (Fsp3) is 0.417. The topological polar surface area (TPSA) is 71.2 Å². The van der Waals surface area contributed by atoms with E-state index in [0.717, 1.165) is 35.5 Å². The highest BCUT2D eigenvalue weighted by atomic mass is 16.5. The lowest BCUT2D eigenvalue weighted by molar-refractivity contribution is 0.195. The first-order valence-electron chi connectivity index (χ1n) is 10.8. The zero-order valence-corrected chi connectivity index (χ0v) is 18.0. The van der Waals surface area contributed by atoms with Gasteiger partial charge in [0.05, 0.1) is 30.2 Å². The highest BCUT2D eigenvalue weighted by Gasteiger charge is 2.35. The summed E-state index contributed by atoms with van der Waals surface area (Å²) in [4.78, 5) is 15.5. The number of nitrogens with two attached hydrogens (primary N) is 1. The number of anilines is 3. The van der Waals surface area contributed by atoms with E-state index in [1.807, 2.05) is 56.3 Å². The Balaban J connectivity index is 1.92. The molecule has 1 aliphatic heterocycles. The predicted octanol–water partition coefficient (Wildman–Crippen LogP) is 5.54. The van der Waals surface area contributed by atoms with Crippen LogP contribution in [0.15, 0.2) is 47.6 Å². The number of rotatable bonds is 4. The molecule has 0 aromatic heterocycles. The molecule has 2 aromatic rings. The fourth-order valence-corrected chi connectivity index (χ4v) is 4.35. The second-order valence-electron chi connectivity index (χ2n) is 8.35. The number of amides is 2. The molecular formula is C24H30N4O2. The van der Waals surface area contributed by atoms with Gasteiger partial charge in [0, 0.05) is 23.2 Å². The third-order valence-corrected chi connectivity index (χ3v) is 5.96. The Morgan fingerprint density at radius 1 is 1.07 bits per heavy atom. The SMILES string of the molecule is COc1ccc2c(c1)N(c1ccc(N)cc1)C(=O)N(C(C)C)N=C2C1CCCCC1. The Morgan fingerprint density at radius 3 is 2.40 bits per heavy atom. The van der Waals surface area contributed by atoms with E-state index in [4.69, 9.17) is 15.6 Å². The molecule has 1 aliphatic carbocycles. The number of hydrazone groups is 1. The minimum atomic E-state index is -0.171. The van der Waals surface area contributed by atoms with E-state index in [1.165, 1.54) is 19.3 Å². The van der Waals surface area contributed by atoms with Gasteiger partial charge in [-0.15, -0.1) is 0 Å². The summed E-state index contributed by atoms with van der Waals surface area (Å²) >= 11 is 0. The van der Waals surface area contributed by atoms with Crippen LogP contribution in [0.5, 0.6) is 5.75 Å². The summed E-state index contributed by atoms with van der Waals surface area (Å²) in [6.45, 7) is 4.00. The van der Waals surface area contributed by atoms with Gasteiger partial charge in [-0.2, -0.15) is 5.10 Å². The number of carbonyl (C=O) groups excluding carboxylic acids is 1. The molecule has 1 heterocycles. The molecule has 0 radical (unpaired) electrons. The average molecular weight is 407 g/mol. The molecule has 0 spiro atoms. The average Bonchev–Trinajstić information content (AvgIpc) is 2.88. The van der Waals surface area contributed by atoms with Gasteiger partial charge in [0.25, 0.3) is 0 Å². The number of benzene rings is 2. The van der Waals surface area contributed by atoms with Crippen molar-refractivity contribution in [2.24, 2.45) is 11.0 Å². The molecule has 4 rings (SSSR count). The minimum Gasteiger partial charge on any atom is -0.497 e. The zero-order chi connectivity index (χ0) is 21.3. The van der Waals surface area contributed by atoms with Crippen LogP contribution in [0.25, 0.3) is 0 Å². The Morgan fingerprint density at radius 2 is 1.77 bits per heavy atom. The van der Waals surface area contributed by atoms with Crippen LogP contribution in [0, 0.1) is 5.92 Å². The molecule has 2 aliphatic rings. The van der Waals surface area contributed by atoms with Crippen molar-refractivity contribution in [1.82, 2.24) is 5.01 Å². The monoisotopic (exact) mass is 406 g/mol. The molecule has 0 bridgehead atoms. The smallest absolute Gasteiger partial charge is 0.349 e. The summed E-state index contributed by atoms with van der Waals surface area (Å²) in [6, 6.07) is 13.1. The van der Waals surface area contributed by atoms with Crippen molar-refractivity contribution < 1.29 is 9.53 Å². The van der Waals surface area contributed by atoms with Crippen LogP contribution >= 0.6 is 0 Å². The molecule has 2 amide bonds. The molecular weight excluding hydrogens is 376 g/mol. The standard InChI is InChI=1S/C24H30N4O2/c1-16(2)28-24(29)27(19-11-9-18(25)10-12-19)22-15-20(30-3)13-14-21(22)23(26-28)17-7-5-4-6-8-17/h9-17H,4-8,25H2,1-3H3. The lowest BCUT2D eigenvalue weighted by Gasteiger charge is -2.28. The van der Waals surface area contributed by atoms with Gasteiger partial charge in [0.15, 0.2) is 0 Å². The van der Waals surface area contributed by atoms with Crippen molar-refractivity contribution in [3.8, 4) is 5.75 Å². The maximum atomic E-state index is 13.7. The summed E-state index contributed by atoms with van der Waals surface area (Å²) in [5, 5.41) is 6.58. The normalized spacial score (nSPS) is 17.6. The van der Waals surface area contributed by atoms with Gasteiger partial charge in [-0.25, -0.2) is 9.80 Å². The lowest BCUT2D eigenvalue weighted by atomic mass is 9.83. The number of methoxy groups -OCH3 is 1. The third-order valence-electron chi connectivity index (χ3n) is 5.96. The number of urea groups is 1.